The van der Waals surface area contributed by atoms with E-state index in [9.17, 15) is 4.79 Å². The molecule has 0 radical (unpaired) electrons. The number of ether oxygens (including phenoxy) is 2. The Kier molecular flexibility index (Phi) is 4.83. The van der Waals surface area contributed by atoms with E-state index in [0.717, 1.165) is 48.3 Å². The third kappa shape index (κ3) is 3.76. The molecule has 3 aliphatic rings. The molecule has 132 valence electrons. The maximum atomic E-state index is 12.2. The summed E-state index contributed by atoms with van der Waals surface area (Å²) in [5, 5.41) is 6.05. The Morgan fingerprint density at radius 2 is 2.24 bits per heavy atom. The van der Waals surface area contributed by atoms with Crippen molar-refractivity contribution in [1.82, 2.24) is 10.2 Å². The Hall–Kier alpha value is -2.15. The van der Waals surface area contributed by atoms with Crippen LogP contribution in [-0.2, 0) is 4.79 Å². The first-order valence-corrected chi connectivity index (χ1v) is 9.50. The van der Waals surface area contributed by atoms with Crippen LogP contribution in [0.25, 0.3) is 0 Å². The van der Waals surface area contributed by atoms with Crippen LogP contribution in [0.15, 0.2) is 40.4 Å². The number of amides is 1. The number of hydrogen-bond donors (Lipinski definition) is 1. The average Bonchev–Trinajstić information content (AvgIpc) is 3.05. The van der Waals surface area contributed by atoms with Crippen molar-refractivity contribution in [3.63, 3.8) is 0 Å². The Balaban J connectivity index is 1.21. The van der Waals surface area contributed by atoms with Crippen LogP contribution in [0.1, 0.15) is 19.3 Å². The molecule has 0 aliphatic carbocycles. The highest BCUT2D eigenvalue weighted by Gasteiger charge is 2.26. The zero-order valence-corrected chi connectivity index (χ0v) is 14.8. The van der Waals surface area contributed by atoms with Gasteiger partial charge in [-0.05, 0) is 24.0 Å². The Labute approximate surface area is 151 Å². The Morgan fingerprint density at radius 3 is 3.16 bits per heavy atom. The van der Waals surface area contributed by atoms with Crippen LogP contribution >= 0.6 is 11.8 Å². The van der Waals surface area contributed by atoms with Crippen molar-refractivity contribution < 1.29 is 14.3 Å². The predicted molar refractivity (Wildman–Crippen MR) is 97.9 cm³/mol. The smallest absolute Gasteiger partial charge is 0.225 e. The maximum Gasteiger partial charge on any atom is 0.225 e. The van der Waals surface area contributed by atoms with Gasteiger partial charge < -0.3 is 19.7 Å². The summed E-state index contributed by atoms with van der Waals surface area (Å²) >= 11 is 1.61. The third-order valence-corrected chi connectivity index (χ3v) is 5.31. The molecule has 4 rings (SSSR count). The van der Waals surface area contributed by atoms with E-state index in [4.69, 9.17) is 9.47 Å². The van der Waals surface area contributed by atoms with Crippen molar-refractivity contribution in [2.75, 3.05) is 26.2 Å². The van der Waals surface area contributed by atoms with E-state index >= 15 is 0 Å². The fourth-order valence-corrected chi connectivity index (χ4v) is 4.03. The summed E-state index contributed by atoms with van der Waals surface area (Å²) in [6.45, 7) is 2.94. The van der Waals surface area contributed by atoms with Gasteiger partial charge in [-0.3, -0.25) is 9.79 Å². The number of para-hydroxylation sites is 2. The first-order chi connectivity index (χ1) is 12.3. The fraction of sp³-hybridized carbons (Fsp3) is 0.444. The zero-order valence-electron chi connectivity index (χ0n) is 13.9. The number of hydrogen-bond acceptors (Lipinski definition) is 6. The number of rotatable bonds is 5. The molecule has 0 aromatic heterocycles. The monoisotopic (exact) mass is 359 g/mol. The summed E-state index contributed by atoms with van der Waals surface area (Å²) in [4.78, 5) is 18.9. The topological polar surface area (TPSA) is 63.2 Å². The normalized spacial score (nSPS) is 21.3. The number of carbonyl (C=O) groups excluding carboxylic acids is 1. The minimum absolute atomic E-state index is 0.0303. The summed E-state index contributed by atoms with van der Waals surface area (Å²) in [5.74, 6) is 1.60. The molecule has 1 aromatic rings. The van der Waals surface area contributed by atoms with Crippen LogP contribution in [0.5, 0.6) is 11.5 Å². The predicted octanol–water partition coefficient (Wildman–Crippen LogP) is 2.37. The number of nitrogens with zero attached hydrogens (tertiary/aromatic N) is 2. The molecule has 0 saturated carbocycles. The summed E-state index contributed by atoms with van der Waals surface area (Å²) in [6.07, 6.45) is 2.14. The Bertz CT molecular complexity index is 719. The van der Waals surface area contributed by atoms with E-state index in [-0.39, 0.29) is 12.0 Å². The molecule has 3 heterocycles. The molecule has 7 heteroatoms. The second kappa shape index (κ2) is 7.39. The molecule has 0 saturated heterocycles. The summed E-state index contributed by atoms with van der Waals surface area (Å²) in [5.41, 5.74) is 1.05. The van der Waals surface area contributed by atoms with Gasteiger partial charge in [-0.25, -0.2) is 0 Å². The van der Waals surface area contributed by atoms with E-state index in [1.165, 1.54) is 0 Å². The third-order valence-electron chi connectivity index (χ3n) is 4.36. The van der Waals surface area contributed by atoms with E-state index in [2.05, 4.69) is 15.2 Å². The molecule has 0 fully saturated rings. The molecule has 0 unspecified atom stereocenters. The lowest BCUT2D eigenvalue weighted by molar-refractivity contribution is -0.120. The van der Waals surface area contributed by atoms with Gasteiger partial charge in [0.05, 0.1) is 6.42 Å². The summed E-state index contributed by atoms with van der Waals surface area (Å²) in [6, 6.07) is 7.66. The molecular formula is C18H21N3O3S. The SMILES string of the molecule is O=C(CC1=CSC2=NCCCN12)NCC[C@@H]1COc2ccccc2O1. The number of fused-ring (bicyclic) bond motifs is 2. The Morgan fingerprint density at radius 1 is 1.36 bits per heavy atom. The highest BCUT2D eigenvalue weighted by molar-refractivity contribution is 8.16. The number of carbonyl (C=O) groups is 1. The van der Waals surface area contributed by atoms with Crippen LogP contribution in [0.2, 0.25) is 0 Å². The summed E-state index contributed by atoms with van der Waals surface area (Å²) < 4.78 is 11.6. The van der Waals surface area contributed by atoms with Crippen molar-refractivity contribution in [2.24, 2.45) is 4.99 Å². The number of thioether (sulfide) groups is 1. The van der Waals surface area contributed by atoms with Gasteiger partial charge in [-0.15, -0.1) is 0 Å². The van der Waals surface area contributed by atoms with Gasteiger partial charge in [0, 0.05) is 31.8 Å². The van der Waals surface area contributed by atoms with Crippen molar-refractivity contribution >= 4 is 22.8 Å². The molecule has 6 nitrogen and oxygen atoms in total. The number of aliphatic imine (C=N–C) groups is 1. The van der Waals surface area contributed by atoms with Gasteiger partial charge in [0.25, 0.3) is 0 Å². The van der Waals surface area contributed by atoms with E-state index in [1.807, 2.05) is 29.7 Å². The summed E-state index contributed by atoms with van der Waals surface area (Å²) in [7, 11) is 0. The van der Waals surface area contributed by atoms with Crippen LogP contribution in [0.3, 0.4) is 0 Å². The van der Waals surface area contributed by atoms with E-state index < -0.39 is 0 Å². The number of amidine groups is 1. The van der Waals surface area contributed by atoms with E-state index in [0.29, 0.717) is 19.6 Å². The zero-order chi connectivity index (χ0) is 17.1. The van der Waals surface area contributed by atoms with Gasteiger partial charge in [0.15, 0.2) is 16.7 Å². The molecule has 1 aromatic carbocycles. The molecule has 3 aliphatic heterocycles. The van der Waals surface area contributed by atoms with Crippen LogP contribution in [0.4, 0.5) is 0 Å². The minimum Gasteiger partial charge on any atom is -0.486 e. The van der Waals surface area contributed by atoms with Gasteiger partial charge in [0.1, 0.15) is 12.7 Å². The van der Waals surface area contributed by atoms with Crippen molar-refractivity contribution in [3.8, 4) is 11.5 Å². The lowest BCUT2D eigenvalue weighted by Crippen LogP contribution is -2.35. The van der Waals surface area contributed by atoms with Gasteiger partial charge in [0.2, 0.25) is 5.91 Å². The standard InChI is InChI=1S/C18H21N3O3S/c22-17(10-13-12-25-18-20-7-3-9-21(13)18)19-8-6-14-11-23-15-4-1-2-5-16(15)24-14/h1-2,4-5,12,14H,3,6-11H2,(H,19,22)/t14-/m1/s1. The quantitative estimate of drug-likeness (QED) is 0.874. The maximum absolute atomic E-state index is 12.2. The first kappa shape index (κ1) is 16.3. The van der Waals surface area contributed by atoms with Gasteiger partial charge in [-0.2, -0.15) is 0 Å². The second-order valence-corrected chi connectivity index (χ2v) is 7.05. The van der Waals surface area contributed by atoms with Crippen molar-refractivity contribution in [2.45, 2.75) is 25.4 Å². The largest absolute Gasteiger partial charge is 0.486 e. The number of benzene rings is 1. The minimum atomic E-state index is -0.0303. The lowest BCUT2D eigenvalue weighted by atomic mass is 10.2. The first-order valence-electron chi connectivity index (χ1n) is 8.62. The van der Waals surface area contributed by atoms with Gasteiger partial charge in [-0.1, -0.05) is 23.9 Å². The average molecular weight is 359 g/mol. The molecular weight excluding hydrogens is 338 g/mol. The fourth-order valence-electron chi connectivity index (χ4n) is 3.08. The van der Waals surface area contributed by atoms with Crippen molar-refractivity contribution in [1.29, 1.82) is 0 Å². The molecule has 1 atom stereocenters. The van der Waals surface area contributed by atoms with Crippen LogP contribution < -0.4 is 14.8 Å². The highest BCUT2D eigenvalue weighted by Crippen LogP contribution is 2.32. The molecule has 0 bridgehead atoms. The van der Waals surface area contributed by atoms with E-state index in [1.54, 1.807) is 11.8 Å². The molecule has 25 heavy (non-hydrogen) atoms. The van der Waals surface area contributed by atoms with Crippen molar-refractivity contribution in [3.05, 3.63) is 35.4 Å². The van der Waals surface area contributed by atoms with Crippen LogP contribution in [-0.4, -0.2) is 48.3 Å². The number of nitrogens with one attached hydrogen (secondary N) is 1. The highest BCUT2D eigenvalue weighted by atomic mass is 32.2. The molecule has 1 amide bonds. The lowest BCUT2D eigenvalue weighted by Gasteiger charge is -2.26. The molecule has 1 N–H and O–H groups in total. The molecule has 0 spiro atoms. The second-order valence-electron chi connectivity index (χ2n) is 6.21. The van der Waals surface area contributed by atoms with Gasteiger partial charge >= 0.3 is 0 Å². The van der Waals surface area contributed by atoms with Crippen LogP contribution in [0, 0.1) is 0 Å².